The molecular formula is C17H15F3N2O2. The highest BCUT2D eigenvalue weighted by atomic mass is 19.4. The quantitative estimate of drug-likeness (QED) is 0.769. The summed E-state index contributed by atoms with van der Waals surface area (Å²) in [5.74, 6) is 0.391. The minimum absolute atomic E-state index is 0.0851. The minimum Gasteiger partial charge on any atom is -0.388 e. The highest BCUT2D eigenvalue weighted by Crippen LogP contribution is 2.30. The SMILES string of the molecule is OCc1nc2ccccc2n1C[C@@H](O)c1ccc(C(F)(F)F)cc1. The second-order valence-corrected chi connectivity index (χ2v) is 5.42. The van der Waals surface area contributed by atoms with Gasteiger partial charge in [0.1, 0.15) is 12.4 Å². The summed E-state index contributed by atoms with van der Waals surface area (Å²) in [6.07, 6.45) is -5.43. The minimum atomic E-state index is -4.41. The zero-order valence-corrected chi connectivity index (χ0v) is 12.5. The smallest absolute Gasteiger partial charge is 0.388 e. The Balaban J connectivity index is 1.88. The average molecular weight is 336 g/mol. The highest BCUT2D eigenvalue weighted by molar-refractivity contribution is 5.75. The summed E-state index contributed by atoms with van der Waals surface area (Å²) in [5.41, 5.74) is 1.03. The molecule has 0 fully saturated rings. The number of fused-ring (bicyclic) bond motifs is 1. The van der Waals surface area contributed by atoms with E-state index in [2.05, 4.69) is 4.98 Å². The van der Waals surface area contributed by atoms with Crippen LogP contribution < -0.4 is 0 Å². The number of benzene rings is 2. The molecule has 3 rings (SSSR count). The van der Waals surface area contributed by atoms with Crippen molar-refractivity contribution in [3.05, 3.63) is 65.5 Å². The largest absolute Gasteiger partial charge is 0.416 e. The van der Waals surface area contributed by atoms with Gasteiger partial charge in [0.2, 0.25) is 0 Å². The van der Waals surface area contributed by atoms with E-state index in [1.807, 2.05) is 12.1 Å². The molecule has 0 amide bonds. The number of hydrogen-bond acceptors (Lipinski definition) is 3. The molecule has 3 aromatic rings. The van der Waals surface area contributed by atoms with Gasteiger partial charge >= 0.3 is 6.18 Å². The molecule has 0 saturated carbocycles. The maximum Gasteiger partial charge on any atom is 0.416 e. The number of para-hydroxylation sites is 2. The molecule has 2 N–H and O–H groups in total. The van der Waals surface area contributed by atoms with Gasteiger partial charge in [-0.25, -0.2) is 4.98 Å². The molecule has 7 heteroatoms. The number of imidazole rings is 1. The lowest BCUT2D eigenvalue weighted by atomic mass is 10.1. The first-order valence-electron chi connectivity index (χ1n) is 7.30. The third-order valence-corrected chi connectivity index (χ3v) is 3.85. The van der Waals surface area contributed by atoms with E-state index < -0.39 is 17.8 Å². The van der Waals surface area contributed by atoms with Crippen molar-refractivity contribution in [1.29, 1.82) is 0 Å². The number of nitrogens with zero attached hydrogens (tertiary/aromatic N) is 2. The number of alkyl halides is 3. The van der Waals surface area contributed by atoms with Crippen LogP contribution in [0.2, 0.25) is 0 Å². The van der Waals surface area contributed by atoms with Gasteiger partial charge in [0.25, 0.3) is 0 Å². The van der Waals surface area contributed by atoms with Gasteiger partial charge in [-0.2, -0.15) is 13.2 Å². The maximum atomic E-state index is 12.6. The third-order valence-electron chi connectivity index (χ3n) is 3.85. The van der Waals surface area contributed by atoms with E-state index in [4.69, 9.17) is 0 Å². The highest BCUT2D eigenvalue weighted by Gasteiger charge is 2.30. The van der Waals surface area contributed by atoms with E-state index in [0.29, 0.717) is 16.9 Å². The van der Waals surface area contributed by atoms with Crippen LogP contribution in [0.15, 0.2) is 48.5 Å². The Bertz CT molecular complexity index is 841. The fraction of sp³-hybridized carbons (Fsp3) is 0.235. The van der Waals surface area contributed by atoms with E-state index in [1.165, 1.54) is 12.1 Å². The van der Waals surface area contributed by atoms with Crippen LogP contribution in [0.5, 0.6) is 0 Å². The first kappa shape index (κ1) is 16.5. The van der Waals surface area contributed by atoms with E-state index in [1.54, 1.807) is 16.7 Å². The number of rotatable bonds is 4. The van der Waals surface area contributed by atoms with Crippen LogP contribution in [0.4, 0.5) is 13.2 Å². The number of aromatic nitrogens is 2. The first-order valence-corrected chi connectivity index (χ1v) is 7.30. The molecule has 126 valence electrons. The van der Waals surface area contributed by atoms with E-state index in [0.717, 1.165) is 17.6 Å². The number of halogens is 3. The first-order chi connectivity index (χ1) is 11.4. The molecule has 0 bridgehead atoms. The van der Waals surface area contributed by atoms with Crippen molar-refractivity contribution in [2.45, 2.75) is 25.4 Å². The summed E-state index contributed by atoms with van der Waals surface area (Å²) in [7, 11) is 0. The lowest BCUT2D eigenvalue weighted by Gasteiger charge is -2.15. The predicted molar refractivity (Wildman–Crippen MR) is 82.1 cm³/mol. The van der Waals surface area contributed by atoms with Crippen molar-refractivity contribution >= 4 is 11.0 Å². The molecule has 1 atom stereocenters. The number of aliphatic hydroxyl groups is 2. The summed E-state index contributed by atoms with van der Waals surface area (Å²) >= 11 is 0. The normalized spacial score (nSPS) is 13.4. The monoisotopic (exact) mass is 336 g/mol. The molecule has 24 heavy (non-hydrogen) atoms. The fourth-order valence-electron chi connectivity index (χ4n) is 2.62. The maximum absolute atomic E-state index is 12.6. The number of hydrogen-bond donors (Lipinski definition) is 2. The Morgan fingerprint density at radius 3 is 2.33 bits per heavy atom. The Morgan fingerprint density at radius 2 is 1.71 bits per heavy atom. The standard InChI is InChI=1S/C17H15F3N2O2/c18-17(19,20)12-7-5-11(6-8-12)15(24)9-22-14-4-2-1-3-13(14)21-16(22)10-23/h1-8,15,23-24H,9-10H2/t15-/m1/s1. The summed E-state index contributed by atoms with van der Waals surface area (Å²) in [6.45, 7) is -0.212. The van der Waals surface area contributed by atoms with Crippen LogP contribution in [0.25, 0.3) is 11.0 Å². The van der Waals surface area contributed by atoms with Crippen LogP contribution in [-0.2, 0) is 19.3 Å². The molecule has 1 aromatic heterocycles. The molecule has 4 nitrogen and oxygen atoms in total. The molecule has 0 saturated heterocycles. The second kappa shape index (κ2) is 6.26. The van der Waals surface area contributed by atoms with Crippen molar-refractivity contribution < 1.29 is 23.4 Å². The zero-order chi connectivity index (χ0) is 17.3. The zero-order valence-electron chi connectivity index (χ0n) is 12.5. The van der Waals surface area contributed by atoms with Crippen molar-refractivity contribution in [1.82, 2.24) is 9.55 Å². The molecule has 0 radical (unpaired) electrons. The molecule has 0 aliphatic rings. The van der Waals surface area contributed by atoms with Crippen molar-refractivity contribution in [3.8, 4) is 0 Å². The summed E-state index contributed by atoms with van der Waals surface area (Å²) in [6, 6.07) is 11.6. The van der Waals surface area contributed by atoms with Crippen molar-refractivity contribution in [3.63, 3.8) is 0 Å². The molecular weight excluding hydrogens is 321 g/mol. The second-order valence-electron chi connectivity index (χ2n) is 5.42. The molecule has 1 heterocycles. The van der Waals surface area contributed by atoms with Gasteiger partial charge in [-0.05, 0) is 29.8 Å². The van der Waals surface area contributed by atoms with Gasteiger partial charge in [0.15, 0.2) is 0 Å². The summed E-state index contributed by atoms with van der Waals surface area (Å²) in [4.78, 5) is 4.28. The summed E-state index contributed by atoms with van der Waals surface area (Å²) in [5, 5.41) is 19.8. The van der Waals surface area contributed by atoms with E-state index >= 15 is 0 Å². The van der Waals surface area contributed by atoms with E-state index in [9.17, 15) is 23.4 Å². The Labute approximate surface area is 135 Å². The average Bonchev–Trinajstić information content (AvgIpc) is 2.92. The van der Waals surface area contributed by atoms with Gasteiger partial charge in [-0.1, -0.05) is 24.3 Å². The molecule has 0 unspecified atom stereocenters. The Kier molecular flexibility index (Phi) is 4.29. The molecule has 0 aliphatic carbocycles. The Hall–Kier alpha value is -2.38. The van der Waals surface area contributed by atoms with Gasteiger partial charge in [-0.15, -0.1) is 0 Å². The number of aliphatic hydroxyl groups excluding tert-OH is 2. The van der Waals surface area contributed by atoms with Crippen LogP contribution in [-0.4, -0.2) is 19.8 Å². The van der Waals surface area contributed by atoms with Crippen LogP contribution in [0, 0.1) is 0 Å². The van der Waals surface area contributed by atoms with Crippen LogP contribution in [0.3, 0.4) is 0 Å². The molecule has 0 spiro atoms. The van der Waals surface area contributed by atoms with Crippen molar-refractivity contribution in [2.24, 2.45) is 0 Å². The molecule has 0 aliphatic heterocycles. The van der Waals surface area contributed by atoms with Gasteiger partial charge in [-0.3, -0.25) is 0 Å². The Morgan fingerprint density at radius 1 is 1.04 bits per heavy atom. The summed E-state index contributed by atoms with van der Waals surface area (Å²) < 4.78 is 39.5. The fourth-order valence-corrected chi connectivity index (χ4v) is 2.62. The lowest BCUT2D eigenvalue weighted by Crippen LogP contribution is -2.12. The van der Waals surface area contributed by atoms with Crippen molar-refractivity contribution in [2.75, 3.05) is 0 Å². The van der Waals surface area contributed by atoms with Crippen LogP contribution in [0.1, 0.15) is 23.1 Å². The van der Waals surface area contributed by atoms with Gasteiger partial charge < -0.3 is 14.8 Å². The molecule has 2 aromatic carbocycles. The topological polar surface area (TPSA) is 58.3 Å². The lowest BCUT2D eigenvalue weighted by molar-refractivity contribution is -0.137. The van der Waals surface area contributed by atoms with Crippen LogP contribution >= 0.6 is 0 Å². The predicted octanol–water partition coefficient (Wildman–Crippen LogP) is 3.28. The van der Waals surface area contributed by atoms with E-state index in [-0.39, 0.29) is 13.2 Å². The third kappa shape index (κ3) is 3.13. The van der Waals surface area contributed by atoms with Gasteiger partial charge in [0, 0.05) is 0 Å². The van der Waals surface area contributed by atoms with Gasteiger partial charge in [0.05, 0.1) is 29.2 Å².